The van der Waals surface area contributed by atoms with Gasteiger partial charge in [-0.15, -0.1) is 11.3 Å². The molecule has 1 aromatic carbocycles. The normalized spacial score (nSPS) is 18.0. The van der Waals surface area contributed by atoms with Gasteiger partial charge in [-0.2, -0.15) is 4.31 Å². The van der Waals surface area contributed by atoms with Crippen LogP contribution >= 0.6 is 22.9 Å². The molecule has 1 amide bonds. The van der Waals surface area contributed by atoms with Gasteiger partial charge in [-0.1, -0.05) is 17.7 Å². The average Bonchev–Trinajstić information content (AvgIpc) is 3.35. The van der Waals surface area contributed by atoms with E-state index in [2.05, 4.69) is 22.3 Å². The molecule has 2 heterocycles. The summed E-state index contributed by atoms with van der Waals surface area (Å²) in [6.45, 7) is 2.69. The van der Waals surface area contributed by atoms with Crippen LogP contribution in [0.5, 0.6) is 0 Å². The van der Waals surface area contributed by atoms with Crippen molar-refractivity contribution < 1.29 is 13.2 Å². The Balaban J connectivity index is 1.24. The highest BCUT2D eigenvalue weighted by molar-refractivity contribution is 7.91. The van der Waals surface area contributed by atoms with Crippen molar-refractivity contribution in [2.75, 3.05) is 38.0 Å². The van der Waals surface area contributed by atoms with Crippen molar-refractivity contribution in [3.8, 4) is 0 Å². The molecule has 2 aliphatic rings. The molecule has 0 unspecified atom stereocenters. The molecular weight excluding hydrogens is 430 g/mol. The topological polar surface area (TPSA) is 69.7 Å². The minimum Gasteiger partial charge on any atom is -0.326 e. The highest BCUT2D eigenvalue weighted by Gasteiger charge is 2.29. The molecule has 0 radical (unpaired) electrons. The van der Waals surface area contributed by atoms with Crippen LogP contribution in [0.1, 0.15) is 24.0 Å². The van der Waals surface area contributed by atoms with Crippen LogP contribution in [0.15, 0.2) is 34.5 Å². The molecule has 0 atom stereocenters. The molecule has 9 heteroatoms. The van der Waals surface area contributed by atoms with Crippen LogP contribution in [0, 0.1) is 0 Å². The van der Waals surface area contributed by atoms with Crippen LogP contribution in [0.3, 0.4) is 0 Å². The van der Waals surface area contributed by atoms with Gasteiger partial charge in [0.25, 0.3) is 10.0 Å². The van der Waals surface area contributed by atoms with E-state index < -0.39 is 10.0 Å². The highest BCUT2D eigenvalue weighted by atomic mass is 35.5. The Morgan fingerprint density at radius 1 is 1.07 bits per heavy atom. The van der Waals surface area contributed by atoms with Gasteiger partial charge in [-0.25, -0.2) is 8.42 Å². The van der Waals surface area contributed by atoms with Gasteiger partial charge in [0.1, 0.15) is 4.21 Å². The third-order valence-electron chi connectivity index (χ3n) is 5.51. The van der Waals surface area contributed by atoms with Crippen LogP contribution in [0.25, 0.3) is 0 Å². The number of carbonyl (C=O) groups excluding carboxylic acids is 1. The van der Waals surface area contributed by atoms with E-state index in [9.17, 15) is 13.2 Å². The average molecular weight is 454 g/mol. The summed E-state index contributed by atoms with van der Waals surface area (Å²) in [7, 11) is -3.48. The maximum Gasteiger partial charge on any atom is 0.252 e. The number of carbonyl (C=O) groups is 1. The first-order chi connectivity index (χ1) is 13.9. The Labute approximate surface area is 180 Å². The van der Waals surface area contributed by atoms with Gasteiger partial charge >= 0.3 is 0 Å². The fourth-order valence-electron chi connectivity index (χ4n) is 3.89. The lowest BCUT2D eigenvalue weighted by Crippen LogP contribution is -2.48. The largest absolute Gasteiger partial charge is 0.326 e. The number of aryl methyl sites for hydroxylation is 2. The maximum absolute atomic E-state index is 12.7. The summed E-state index contributed by atoms with van der Waals surface area (Å²) >= 11 is 6.96. The molecule has 1 N–H and O–H groups in total. The van der Waals surface area contributed by atoms with Gasteiger partial charge in [-0.3, -0.25) is 4.79 Å². The number of hydrogen-bond acceptors (Lipinski definition) is 5. The summed E-state index contributed by atoms with van der Waals surface area (Å²) in [5.41, 5.74) is 3.59. The number of benzene rings is 1. The predicted octanol–water partition coefficient (Wildman–Crippen LogP) is 3.23. The second-order valence-corrected chi connectivity index (χ2v) is 11.3. The van der Waals surface area contributed by atoms with Gasteiger partial charge in [0.15, 0.2) is 0 Å². The summed E-state index contributed by atoms with van der Waals surface area (Å²) in [4.78, 5) is 14.4. The van der Waals surface area contributed by atoms with E-state index in [1.54, 1.807) is 12.1 Å². The SMILES string of the molecule is O=C(CCN1CCN(S(=O)(=O)c2ccc(Cl)s2)CC1)Nc1ccc2c(c1)CCC2. The summed E-state index contributed by atoms with van der Waals surface area (Å²) in [5.74, 6) is -0.00812. The van der Waals surface area contributed by atoms with Crippen molar-refractivity contribution >= 4 is 44.6 Å². The van der Waals surface area contributed by atoms with Crippen LogP contribution in [-0.2, 0) is 27.7 Å². The zero-order valence-electron chi connectivity index (χ0n) is 16.1. The molecule has 0 saturated carbocycles. The van der Waals surface area contributed by atoms with Crippen molar-refractivity contribution in [3.05, 3.63) is 45.8 Å². The molecule has 1 aliphatic heterocycles. The molecule has 156 valence electrons. The lowest BCUT2D eigenvalue weighted by Gasteiger charge is -2.33. The lowest BCUT2D eigenvalue weighted by molar-refractivity contribution is -0.116. The Morgan fingerprint density at radius 3 is 2.55 bits per heavy atom. The second kappa shape index (κ2) is 8.73. The zero-order chi connectivity index (χ0) is 20.4. The van der Waals surface area contributed by atoms with Crippen molar-refractivity contribution in [1.82, 2.24) is 9.21 Å². The van der Waals surface area contributed by atoms with Gasteiger partial charge in [0, 0.05) is 44.8 Å². The Hall–Kier alpha value is -1.45. The Kier molecular flexibility index (Phi) is 6.27. The van der Waals surface area contributed by atoms with Crippen molar-refractivity contribution in [2.45, 2.75) is 29.9 Å². The van der Waals surface area contributed by atoms with Crippen molar-refractivity contribution in [1.29, 1.82) is 0 Å². The van der Waals surface area contributed by atoms with Crippen molar-refractivity contribution in [2.24, 2.45) is 0 Å². The minimum absolute atomic E-state index is 0.00812. The van der Waals surface area contributed by atoms with Gasteiger partial charge in [-0.05, 0) is 54.7 Å². The molecule has 4 rings (SSSR count). The number of piperazine rings is 1. The number of amides is 1. The first kappa shape index (κ1) is 20.8. The van der Waals surface area contributed by atoms with E-state index in [1.165, 1.54) is 21.9 Å². The van der Waals surface area contributed by atoms with Crippen LogP contribution in [0.4, 0.5) is 5.69 Å². The van der Waals surface area contributed by atoms with E-state index in [4.69, 9.17) is 11.6 Å². The third-order valence-corrected chi connectivity index (χ3v) is 9.11. The molecule has 1 aromatic heterocycles. The number of hydrogen-bond donors (Lipinski definition) is 1. The van der Waals surface area contributed by atoms with Crippen LogP contribution in [0.2, 0.25) is 4.34 Å². The minimum atomic E-state index is -3.48. The fraction of sp³-hybridized carbons (Fsp3) is 0.450. The molecule has 1 aliphatic carbocycles. The highest BCUT2D eigenvalue weighted by Crippen LogP contribution is 2.28. The number of thiophene rings is 1. The zero-order valence-corrected chi connectivity index (χ0v) is 18.5. The molecule has 6 nitrogen and oxygen atoms in total. The lowest BCUT2D eigenvalue weighted by atomic mass is 10.1. The predicted molar refractivity (Wildman–Crippen MR) is 116 cm³/mol. The molecule has 0 bridgehead atoms. The number of nitrogens with one attached hydrogen (secondary N) is 1. The standard InChI is InChI=1S/C20H24ClN3O3S2/c21-18-6-7-20(28-18)29(26,27)24-12-10-23(11-13-24)9-8-19(25)22-17-5-4-15-2-1-3-16(15)14-17/h4-7,14H,1-3,8-13H2,(H,22,25). The number of halogens is 1. The van der Waals surface area contributed by atoms with E-state index in [0.717, 1.165) is 29.9 Å². The number of anilines is 1. The van der Waals surface area contributed by atoms with E-state index in [-0.39, 0.29) is 10.1 Å². The van der Waals surface area contributed by atoms with Crippen LogP contribution < -0.4 is 5.32 Å². The van der Waals surface area contributed by atoms with E-state index >= 15 is 0 Å². The molecule has 2 aromatic rings. The Morgan fingerprint density at radius 2 is 1.83 bits per heavy atom. The molecular formula is C20H24ClN3O3S2. The third kappa shape index (κ3) is 4.83. The maximum atomic E-state index is 12.7. The second-order valence-electron chi connectivity index (χ2n) is 7.44. The monoisotopic (exact) mass is 453 g/mol. The first-order valence-corrected chi connectivity index (χ1v) is 12.4. The number of nitrogens with zero attached hydrogens (tertiary/aromatic N) is 2. The van der Waals surface area contributed by atoms with Crippen molar-refractivity contribution in [3.63, 3.8) is 0 Å². The number of fused-ring (bicyclic) bond motifs is 1. The van der Waals surface area contributed by atoms with Crippen LogP contribution in [-0.4, -0.2) is 56.3 Å². The molecule has 0 spiro atoms. The van der Waals surface area contributed by atoms with Gasteiger partial charge < -0.3 is 10.2 Å². The molecule has 29 heavy (non-hydrogen) atoms. The Bertz CT molecular complexity index is 998. The van der Waals surface area contributed by atoms with E-state index in [1.807, 2.05) is 6.07 Å². The summed E-state index contributed by atoms with van der Waals surface area (Å²) < 4.78 is 27.6. The fourth-order valence-corrected chi connectivity index (χ4v) is 6.95. The molecule has 1 fully saturated rings. The van der Waals surface area contributed by atoms with Gasteiger partial charge in [0.05, 0.1) is 4.34 Å². The van der Waals surface area contributed by atoms with Gasteiger partial charge in [0.2, 0.25) is 5.91 Å². The summed E-state index contributed by atoms with van der Waals surface area (Å²) in [6.07, 6.45) is 3.80. The first-order valence-electron chi connectivity index (χ1n) is 9.81. The summed E-state index contributed by atoms with van der Waals surface area (Å²) in [5, 5.41) is 2.99. The number of sulfonamides is 1. The summed E-state index contributed by atoms with van der Waals surface area (Å²) in [6, 6.07) is 9.33. The number of rotatable bonds is 6. The van der Waals surface area contributed by atoms with E-state index in [0.29, 0.717) is 43.5 Å². The quantitative estimate of drug-likeness (QED) is 0.729. The smallest absolute Gasteiger partial charge is 0.252 e. The molecule has 1 saturated heterocycles.